The quantitative estimate of drug-likeness (QED) is 0.745. The molecule has 3 nitrogen and oxygen atoms in total. The fraction of sp³-hybridized carbons (Fsp3) is 0.417. The zero-order valence-corrected chi connectivity index (χ0v) is 8.86. The molecule has 1 heterocycles. The van der Waals surface area contributed by atoms with E-state index in [4.69, 9.17) is 0 Å². The molecule has 0 radical (unpaired) electrons. The van der Waals surface area contributed by atoms with Gasteiger partial charge in [0, 0.05) is 13.1 Å². The number of phenols is 1. The van der Waals surface area contributed by atoms with Crippen molar-refractivity contribution in [3.63, 3.8) is 0 Å². The van der Waals surface area contributed by atoms with Crippen molar-refractivity contribution in [2.45, 2.75) is 19.9 Å². The van der Waals surface area contributed by atoms with Crippen LogP contribution in [0.2, 0.25) is 0 Å². The van der Waals surface area contributed by atoms with Crippen LogP contribution in [0.5, 0.6) is 5.75 Å². The van der Waals surface area contributed by atoms with Gasteiger partial charge >= 0.3 is 0 Å². The Bertz CT molecular complexity index is 387. The van der Waals surface area contributed by atoms with Gasteiger partial charge in [-0.2, -0.15) is 0 Å². The van der Waals surface area contributed by atoms with E-state index in [1.54, 1.807) is 6.07 Å². The lowest BCUT2D eigenvalue weighted by molar-refractivity contribution is 0.111. The van der Waals surface area contributed by atoms with Gasteiger partial charge in [0.25, 0.3) is 0 Å². The van der Waals surface area contributed by atoms with E-state index in [0.717, 1.165) is 37.9 Å². The molecule has 1 aliphatic rings. The molecule has 0 saturated carbocycles. The molecule has 0 fully saturated rings. The summed E-state index contributed by atoms with van der Waals surface area (Å²) in [4.78, 5) is 13.2. The second-order valence-electron chi connectivity index (χ2n) is 3.87. The summed E-state index contributed by atoms with van der Waals surface area (Å²) in [6.07, 6.45) is 1.61. The lowest BCUT2D eigenvalue weighted by atomic mass is 9.94. The van der Waals surface area contributed by atoms with E-state index in [9.17, 15) is 9.90 Å². The zero-order valence-electron chi connectivity index (χ0n) is 8.86. The van der Waals surface area contributed by atoms with Crippen molar-refractivity contribution in [2.75, 3.05) is 13.1 Å². The zero-order chi connectivity index (χ0) is 10.8. The number of fused-ring (bicyclic) bond motifs is 1. The first kappa shape index (κ1) is 10.2. The molecule has 0 aliphatic carbocycles. The molecule has 1 aliphatic heterocycles. The van der Waals surface area contributed by atoms with Gasteiger partial charge in [0.15, 0.2) is 6.29 Å². The van der Waals surface area contributed by atoms with E-state index in [1.165, 1.54) is 5.56 Å². The topological polar surface area (TPSA) is 40.5 Å². The number of aromatic hydroxyl groups is 1. The van der Waals surface area contributed by atoms with E-state index in [-0.39, 0.29) is 5.75 Å². The maximum absolute atomic E-state index is 10.9. The fourth-order valence-electron chi connectivity index (χ4n) is 2.13. The normalized spacial score (nSPS) is 16.1. The smallest absolute Gasteiger partial charge is 0.154 e. The van der Waals surface area contributed by atoms with Crippen molar-refractivity contribution in [1.29, 1.82) is 0 Å². The molecule has 1 aromatic rings. The number of aldehydes is 1. The number of rotatable bonds is 2. The maximum atomic E-state index is 10.9. The van der Waals surface area contributed by atoms with Gasteiger partial charge in [-0.15, -0.1) is 0 Å². The van der Waals surface area contributed by atoms with E-state index in [2.05, 4.69) is 11.8 Å². The molecular formula is C12H15NO2. The Morgan fingerprint density at radius 1 is 1.53 bits per heavy atom. The molecule has 0 bridgehead atoms. The van der Waals surface area contributed by atoms with Crippen LogP contribution in [0.3, 0.4) is 0 Å². The van der Waals surface area contributed by atoms with Crippen LogP contribution in [0.4, 0.5) is 0 Å². The summed E-state index contributed by atoms with van der Waals surface area (Å²) >= 11 is 0. The Morgan fingerprint density at radius 2 is 2.33 bits per heavy atom. The number of carbonyl (C=O) groups excluding carboxylic acids is 1. The number of carbonyl (C=O) groups is 1. The lowest BCUT2D eigenvalue weighted by Crippen LogP contribution is -2.30. The molecule has 0 spiro atoms. The van der Waals surface area contributed by atoms with Gasteiger partial charge in [-0.3, -0.25) is 9.69 Å². The van der Waals surface area contributed by atoms with Crippen molar-refractivity contribution < 1.29 is 9.90 Å². The van der Waals surface area contributed by atoms with E-state index < -0.39 is 0 Å². The highest BCUT2D eigenvalue weighted by Crippen LogP contribution is 2.27. The summed E-state index contributed by atoms with van der Waals surface area (Å²) < 4.78 is 0. The Balaban J connectivity index is 2.42. The summed E-state index contributed by atoms with van der Waals surface area (Å²) in [5.74, 6) is 0.105. The molecule has 1 aromatic carbocycles. The van der Waals surface area contributed by atoms with Crippen LogP contribution < -0.4 is 0 Å². The first-order chi connectivity index (χ1) is 7.26. The first-order valence-corrected chi connectivity index (χ1v) is 5.27. The SMILES string of the molecule is CCN1CCc2c(ccc(O)c2C=O)C1. The predicted octanol–water partition coefficient (Wildman–Crippen LogP) is 1.58. The lowest BCUT2D eigenvalue weighted by Gasteiger charge is -2.28. The molecule has 0 atom stereocenters. The molecule has 80 valence electrons. The third kappa shape index (κ3) is 1.75. The Kier molecular flexibility index (Phi) is 2.73. The molecule has 0 saturated heterocycles. The summed E-state index contributed by atoms with van der Waals surface area (Å²) in [6.45, 7) is 5.00. The van der Waals surface area contributed by atoms with Gasteiger partial charge in [0.1, 0.15) is 5.75 Å². The van der Waals surface area contributed by atoms with E-state index in [1.807, 2.05) is 6.07 Å². The van der Waals surface area contributed by atoms with Gasteiger partial charge in [-0.25, -0.2) is 0 Å². The molecule has 0 aromatic heterocycles. The highest BCUT2D eigenvalue weighted by atomic mass is 16.3. The van der Waals surface area contributed by atoms with Crippen LogP contribution in [-0.2, 0) is 13.0 Å². The van der Waals surface area contributed by atoms with Gasteiger partial charge in [0.2, 0.25) is 0 Å². The summed E-state index contributed by atoms with van der Waals surface area (Å²) in [5.41, 5.74) is 2.67. The fourth-order valence-corrected chi connectivity index (χ4v) is 2.13. The van der Waals surface area contributed by atoms with E-state index in [0.29, 0.717) is 5.56 Å². The van der Waals surface area contributed by atoms with Crippen LogP contribution in [0.25, 0.3) is 0 Å². The second kappa shape index (κ2) is 4.03. The van der Waals surface area contributed by atoms with Crippen molar-refractivity contribution >= 4 is 6.29 Å². The Labute approximate surface area is 89.3 Å². The molecule has 0 amide bonds. The van der Waals surface area contributed by atoms with Crippen molar-refractivity contribution in [3.05, 3.63) is 28.8 Å². The summed E-state index contributed by atoms with van der Waals surface area (Å²) in [7, 11) is 0. The minimum Gasteiger partial charge on any atom is -0.507 e. The molecule has 2 rings (SSSR count). The average Bonchev–Trinajstić information content (AvgIpc) is 2.28. The third-order valence-corrected chi connectivity index (χ3v) is 3.07. The first-order valence-electron chi connectivity index (χ1n) is 5.27. The number of hydrogen-bond acceptors (Lipinski definition) is 3. The minimum atomic E-state index is 0.105. The second-order valence-corrected chi connectivity index (χ2v) is 3.87. The average molecular weight is 205 g/mol. The van der Waals surface area contributed by atoms with Gasteiger partial charge in [-0.1, -0.05) is 13.0 Å². The maximum Gasteiger partial charge on any atom is 0.154 e. The standard InChI is InChI=1S/C12H15NO2/c1-2-13-6-5-10-9(7-13)3-4-12(15)11(10)8-14/h3-4,8,15H,2,5-7H2,1H3. The predicted molar refractivity (Wildman–Crippen MR) is 58.1 cm³/mol. The highest BCUT2D eigenvalue weighted by molar-refractivity contribution is 5.82. The van der Waals surface area contributed by atoms with Crippen molar-refractivity contribution in [1.82, 2.24) is 4.90 Å². The molecule has 3 heteroatoms. The molecule has 15 heavy (non-hydrogen) atoms. The number of nitrogens with zero attached hydrogens (tertiary/aromatic N) is 1. The molecular weight excluding hydrogens is 190 g/mol. The minimum absolute atomic E-state index is 0.105. The highest BCUT2D eigenvalue weighted by Gasteiger charge is 2.19. The monoisotopic (exact) mass is 205 g/mol. The van der Waals surface area contributed by atoms with Crippen molar-refractivity contribution in [2.24, 2.45) is 0 Å². The number of hydrogen-bond donors (Lipinski definition) is 1. The van der Waals surface area contributed by atoms with Gasteiger partial charge in [-0.05, 0) is 30.2 Å². The number of likely N-dealkylation sites (N-methyl/N-ethyl adjacent to an activating group) is 1. The van der Waals surface area contributed by atoms with Crippen LogP contribution in [0, 0.1) is 0 Å². The molecule has 1 N–H and O–H groups in total. The largest absolute Gasteiger partial charge is 0.507 e. The Morgan fingerprint density at radius 3 is 3.00 bits per heavy atom. The van der Waals surface area contributed by atoms with Gasteiger partial charge in [0.05, 0.1) is 5.56 Å². The number of benzene rings is 1. The Hall–Kier alpha value is -1.35. The van der Waals surface area contributed by atoms with Crippen LogP contribution in [-0.4, -0.2) is 29.4 Å². The summed E-state index contributed by atoms with van der Waals surface area (Å²) in [6, 6.07) is 3.53. The van der Waals surface area contributed by atoms with Crippen molar-refractivity contribution in [3.8, 4) is 5.75 Å². The van der Waals surface area contributed by atoms with Crippen LogP contribution in [0.15, 0.2) is 12.1 Å². The van der Waals surface area contributed by atoms with Gasteiger partial charge < -0.3 is 5.11 Å². The third-order valence-electron chi connectivity index (χ3n) is 3.07. The summed E-state index contributed by atoms with van der Waals surface area (Å²) in [5, 5.41) is 9.54. The van der Waals surface area contributed by atoms with E-state index >= 15 is 0 Å². The molecule has 0 unspecified atom stereocenters. The van der Waals surface area contributed by atoms with Crippen LogP contribution >= 0.6 is 0 Å². The van der Waals surface area contributed by atoms with Crippen LogP contribution in [0.1, 0.15) is 28.4 Å². The number of phenolic OH excluding ortho intramolecular Hbond substituents is 1.